The Morgan fingerprint density at radius 2 is 1.55 bits per heavy atom. The number of hydrogen-bond donors (Lipinski definition) is 2. The molecule has 2 aromatic rings. The van der Waals surface area contributed by atoms with Crippen LogP contribution < -0.4 is 10.6 Å². The first kappa shape index (κ1) is 34.3. The smallest absolute Gasteiger partial charge is 0.342 e. The number of carbonyl (C=O) groups is 2. The van der Waals surface area contributed by atoms with E-state index in [0.717, 1.165) is 18.2 Å². The van der Waals surface area contributed by atoms with E-state index in [9.17, 15) is 50.0 Å². The maximum atomic E-state index is 15.5. The molecule has 3 rings (SSSR count). The highest BCUT2D eigenvalue weighted by Gasteiger charge is 2.88. The molecule has 44 heavy (non-hydrogen) atoms. The van der Waals surface area contributed by atoms with E-state index in [1.807, 2.05) is 6.07 Å². The predicted molar refractivity (Wildman–Crippen MR) is 139 cm³/mol. The van der Waals surface area contributed by atoms with Crippen LogP contribution >= 0.6 is 23.2 Å². The lowest BCUT2D eigenvalue weighted by molar-refractivity contribution is -0.389. The van der Waals surface area contributed by atoms with Crippen molar-refractivity contribution in [2.45, 2.75) is 41.8 Å². The van der Waals surface area contributed by atoms with E-state index < -0.39 is 57.3 Å². The van der Waals surface area contributed by atoms with Crippen LogP contribution in [-0.4, -0.2) is 46.7 Å². The Morgan fingerprint density at radius 1 is 0.909 bits per heavy atom. The Kier molecular flexibility index (Phi) is 9.12. The predicted octanol–water partition coefficient (Wildman–Crippen LogP) is 7.23. The van der Waals surface area contributed by atoms with Crippen LogP contribution in [0, 0.1) is 29.6 Å². The Balaban J connectivity index is 2.05. The van der Waals surface area contributed by atoms with Gasteiger partial charge in [-0.1, -0.05) is 23.8 Å². The first-order chi connectivity index (χ1) is 20.2. The molecular formula is C27H15Cl2F9N4O2. The number of rotatable bonds is 6. The minimum absolute atomic E-state index is 0.0395. The van der Waals surface area contributed by atoms with Gasteiger partial charge in [-0.25, -0.2) is 4.39 Å². The second kappa shape index (κ2) is 11.7. The van der Waals surface area contributed by atoms with Gasteiger partial charge in [0.05, 0.1) is 28.9 Å². The average molecular weight is 669 g/mol. The zero-order valence-electron chi connectivity index (χ0n) is 21.6. The largest absolute Gasteiger partial charge is 0.457 e. The van der Waals surface area contributed by atoms with Crippen molar-refractivity contribution in [2.75, 3.05) is 5.32 Å². The van der Waals surface area contributed by atoms with Crippen LogP contribution in [0.5, 0.6) is 0 Å². The van der Waals surface area contributed by atoms with Crippen molar-refractivity contribution in [1.82, 2.24) is 5.32 Å². The highest BCUT2D eigenvalue weighted by atomic mass is 35.5. The maximum absolute atomic E-state index is 15.5. The molecule has 0 saturated heterocycles. The normalized spacial score (nSPS) is 20.0. The lowest BCUT2D eigenvalue weighted by Crippen LogP contribution is -2.75. The molecule has 232 valence electrons. The van der Waals surface area contributed by atoms with Crippen LogP contribution in [0.25, 0.3) is 0 Å². The standard InChI is InChI=1S/C27H15Cl2F9N4O2/c1-13-9-14(11-39)4-7-17(13)22(44)41-19-10-15(5-6-16(19)12-40)21(43)42-20-18(28)3-2-8-23(20,29)24(30,26(33,34)35)25(31,32)27(36,37)38/h2-10,20H,1H3,(H,41,44)(H,42,43). The minimum Gasteiger partial charge on any atom is -0.342 e. The van der Waals surface area contributed by atoms with Gasteiger partial charge < -0.3 is 10.6 Å². The van der Waals surface area contributed by atoms with E-state index in [4.69, 9.17) is 28.5 Å². The number of anilines is 1. The molecular weight excluding hydrogens is 654 g/mol. The molecule has 2 N–H and O–H groups in total. The molecule has 0 fully saturated rings. The van der Waals surface area contributed by atoms with Gasteiger partial charge in [0.2, 0.25) is 0 Å². The second-order valence-corrected chi connectivity index (χ2v) is 10.3. The summed E-state index contributed by atoms with van der Waals surface area (Å²) in [5.41, 5.74) is -7.13. The van der Waals surface area contributed by atoms with Crippen molar-refractivity contribution < 1.29 is 49.1 Å². The molecule has 6 nitrogen and oxygen atoms in total. The second-order valence-electron chi connectivity index (χ2n) is 9.28. The van der Waals surface area contributed by atoms with Crippen LogP contribution in [0.4, 0.5) is 45.2 Å². The monoisotopic (exact) mass is 668 g/mol. The highest BCUT2D eigenvalue weighted by molar-refractivity contribution is 6.34. The number of nitrogens with one attached hydrogen (secondary N) is 2. The molecule has 0 saturated carbocycles. The third-order valence-electron chi connectivity index (χ3n) is 6.52. The summed E-state index contributed by atoms with van der Waals surface area (Å²) in [6, 6.07) is 7.40. The summed E-state index contributed by atoms with van der Waals surface area (Å²) in [4.78, 5) is 21.5. The van der Waals surface area contributed by atoms with Crippen molar-refractivity contribution in [3.63, 3.8) is 0 Å². The van der Waals surface area contributed by atoms with Crippen molar-refractivity contribution >= 4 is 40.7 Å². The lowest BCUT2D eigenvalue weighted by atomic mass is 9.74. The number of nitriles is 2. The molecule has 2 aromatic carbocycles. The van der Waals surface area contributed by atoms with Crippen molar-refractivity contribution in [3.8, 4) is 12.1 Å². The van der Waals surface area contributed by atoms with Gasteiger partial charge in [0.15, 0.2) is 0 Å². The Hall–Kier alpha value is -4.21. The molecule has 0 bridgehead atoms. The Bertz CT molecular complexity index is 1660. The Morgan fingerprint density at radius 3 is 2.07 bits per heavy atom. The molecule has 2 amide bonds. The third kappa shape index (κ3) is 5.69. The fraction of sp³-hybridized carbons (Fsp3) is 0.259. The van der Waals surface area contributed by atoms with E-state index in [1.165, 1.54) is 25.1 Å². The number of halogens is 11. The molecule has 3 atom stereocenters. The molecule has 3 unspecified atom stereocenters. The van der Waals surface area contributed by atoms with Crippen molar-refractivity contribution in [2.24, 2.45) is 0 Å². The van der Waals surface area contributed by atoms with Crippen LogP contribution in [0.3, 0.4) is 0 Å². The fourth-order valence-corrected chi connectivity index (χ4v) is 5.10. The van der Waals surface area contributed by atoms with Gasteiger partial charge in [-0.3, -0.25) is 9.59 Å². The van der Waals surface area contributed by atoms with Crippen molar-refractivity contribution in [1.29, 1.82) is 10.5 Å². The van der Waals surface area contributed by atoms with Gasteiger partial charge in [0.1, 0.15) is 10.9 Å². The van der Waals surface area contributed by atoms with Crippen LogP contribution in [-0.2, 0) is 0 Å². The molecule has 1 aliphatic rings. The molecule has 0 radical (unpaired) electrons. The van der Waals surface area contributed by atoms with Gasteiger partial charge in [-0.2, -0.15) is 45.6 Å². The SMILES string of the molecule is Cc1cc(C#N)ccc1C(=O)Nc1cc(C(=O)NC2C(Cl)=CC=CC2(Cl)C(F)(C(F)(F)F)C(F)(F)C(F)(F)F)ccc1C#N. The van der Waals surface area contributed by atoms with Gasteiger partial charge in [0.25, 0.3) is 11.8 Å². The highest BCUT2D eigenvalue weighted by Crippen LogP contribution is 2.61. The zero-order chi connectivity index (χ0) is 33.5. The number of nitrogens with zero attached hydrogens (tertiary/aromatic N) is 2. The van der Waals surface area contributed by atoms with Crippen molar-refractivity contribution in [3.05, 3.63) is 87.5 Å². The summed E-state index contributed by atoms with van der Waals surface area (Å²) in [5, 5.41) is 21.4. The molecule has 0 heterocycles. The molecule has 0 aromatic heterocycles. The Labute approximate surface area is 252 Å². The number of alkyl halides is 10. The molecule has 0 aliphatic heterocycles. The number of hydrogen-bond acceptors (Lipinski definition) is 4. The van der Waals surface area contributed by atoms with Gasteiger partial charge >= 0.3 is 23.9 Å². The summed E-state index contributed by atoms with van der Waals surface area (Å²) in [6.45, 7) is 1.49. The minimum atomic E-state index is -7.14. The summed E-state index contributed by atoms with van der Waals surface area (Å²) in [7, 11) is 0. The average Bonchev–Trinajstić information content (AvgIpc) is 2.92. The van der Waals surface area contributed by atoms with E-state index in [-0.39, 0.29) is 28.5 Å². The van der Waals surface area contributed by atoms with Crippen LogP contribution in [0.15, 0.2) is 59.7 Å². The number of aryl methyl sites for hydroxylation is 1. The lowest BCUT2D eigenvalue weighted by Gasteiger charge is -2.48. The molecule has 17 heteroatoms. The topological polar surface area (TPSA) is 106 Å². The first-order valence-electron chi connectivity index (χ1n) is 11.8. The van der Waals surface area contributed by atoms with Gasteiger partial charge in [0, 0.05) is 16.2 Å². The third-order valence-corrected chi connectivity index (χ3v) is 7.47. The number of allylic oxidation sites excluding steroid dienone is 2. The fourth-order valence-electron chi connectivity index (χ4n) is 4.27. The van der Waals surface area contributed by atoms with Gasteiger partial charge in [-0.15, -0.1) is 11.6 Å². The van der Waals surface area contributed by atoms with Crippen LogP contribution in [0.1, 0.15) is 37.4 Å². The summed E-state index contributed by atoms with van der Waals surface area (Å²) >= 11 is 11.5. The molecule has 0 spiro atoms. The quantitative estimate of drug-likeness (QED) is 0.250. The zero-order valence-corrected chi connectivity index (χ0v) is 23.2. The first-order valence-corrected chi connectivity index (χ1v) is 12.5. The summed E-state index contributed by atoms with van der Waals surface area (Å²) in [6.07, 6.45) is -13.1. The summed E-state index contributed by atoms with van der Waals surface area (Å²) in [5.74, 6) is -9.49. The van der Waals surface area contributed by atoms with Gasteiger partial charge in [-0.05, 0) is 55.0 Å². The summed E-state index contributed by atoms with van der Waals surface area (Å²) < 4.78 is 125. The number of amides is 2. The number of carbonyl (C=O) groups excluding carboxylic acids is 2. The van der Waals surface area contributed by atoms with E-state index in [2.05, 4.69) is 5.32 Å². The number of benzene rings is 2. The van der Waals surface area contributed by atoms with E-state index in [1.54, 1.807) is 11.4 Å². The van der Waals surface area contributed by atoms with Crippen LogP contribution in [0.2, 0.25) is 0 Å². The van der Waals surface area contributed by atoms with E-state index in [0.29, 0.717) is 17.7 Å². The van der Waals surface area contributed by atoms with E-state index >= 15 is 4.39 Å². The maximum Gasteiger partial charge on any atom is 0.457 e. The molecule has 1 aliphatic carbocycles.